The largest absolute Gasteiger partial charge is 0.495 e. The predicted octanol–water partition coefficient (Wildman–Crippen LogP) is 1.44. The zero-order valence-corrected chi connectivity index (χ0v) is 11.3. The first-order valence-corrected chi connectivity index (χ1v) is 6.35. The van der Waals surface area contributed by atoms with Crippen molar-refractivity contribution >= 4 is 11.7 Å². The Morgan fingerprint density at radius 1 is 1.32 bits per heavy atom. The highest BCUT2D eigenvalue weighted by Crippen LogP contribution is 2.31. The van der Waals surface area contributed by atoms with Gasteiger partial charge in [0, 0.05) is 13.1 Å². The maximum atomic E-state index is 11.5. The highest BCUT2D eigenvalue weighted by atomic mass is 16.5. The Kier molecular flexibility index (Phi) is 4.27. The summed E-state index contributed by atoms with van der Waals surface area (Å²) in [5.41, 5.74) is 1.42. The van der Waals surface area contributed by atoms with Crippen LogP contribution in [0.2, 0.25) is 0 Å². The molecule has 0 spiro atoms. The highest BCUT2D eigenvalue weighted by molar-refractivity contribution is 5.90. The van der Waals surface area contributed by atoms with E-state index in [0.717, 1.165) is 31.6 Å². The molecule has 1 N–H and O–H groups in total. The van der Waals surface area contributed by atoms with Crippen molar-refractivity contribution in [2.75, 3.05) is 32.2 Å². The summed E-state index contributed by atoms with van der Waals surface area (Å²) in [5, 5.41) is 9.53. The van der Waals surface area contributed by atoms with Crippen LogP contribution in [0.1, 0.15) is 23.2 Å². The molecular formula is C14H19NO4. The third-order valence-electron chi connectivity index (χ3n) is 3.41. The zero-order chi connectivity index (χ0) is 13.8. The van der Waals surface area contributed by atoms with Crippen molar-refractivity contribution in [1.82, 2.24) is 0 Å². The van der Waals surface area contributed by atoms with E-state index in [9.17, 15) is 9.90 Å². The van der Waals surface area contributed by atoms with Gasteiger partial charge < -0.3 is 19.5 Å². The molecule has 0 amide bonds. The summed E-state index contributed by atoms with van der Waals surface area (Å²) >= 11 is 0. The molecule has 1 aromatic carbocycles. The Bertz CT molecular complexity index is 453. The standard InChI is InChI=1S/C14H19NO4/c1-18-13-9-10(14(17)19-2)3-4-12(13)15-7-5-11(16)6-8-15/h3-4,9,11,16H,5-8H2,1-2H3. The molecule has 1 aliphatic heterocycles. The molecule has 1 heterocycles. The lowest BCUT2D eigenvalue weighted by molar-refractivity contribution is 0.0600. The normalized spacial score (nSPS) is 16.3. The van der Waals surface area contributed by atoms with Gasteiger partial charge in [-0.3, -0.25) is 0 Å². The fourth-order valence-corrected chi connectivity index (χ4v) is 2.29. The van der Waals surface area contributed by atoms with Gasteiger partial charge in [0.25, 0.3) is 0 Å². The number of hydrogen-bond acceptors (Lipinski definition) is 5. The van der Waals surface area contributed by atoms with Crippen molar-refractivity contribution in [2.45, 2.75) is 18.9 Å². The number of carbonyl (C=O) groups is 1. The monoisotopic (exact) mass is 265 g/mol. The Morgan fingerprint density at radius 3 is 2.58 bits per heavy atom. The van der Waals surface area contributed by atoms with Gasteiger partial charge in [-0.2, -0.15) is 0 Å². The number of anilines is 1. The molecule has 0 radical (unpaired) electrons. The maximum Gasteiger partial charge on any atom is 0.337 e. The van der Waals surface area contributed by atoms with Crippen LogP contribution in [0.15, 0.2) is 18.2 Å². The third-order valence-corrected chi connectivity index (χ3v) is 3.41. The molecule has 0 bridgehead atoms. The Morgan fingerprint density at radius 2 is 2.00 bits per heavy atom. The molecule has 0 atom stereocenters. The minimum Gasteiger partial charge on any atom is -0.495 e. The number of hydrogen-bond donors (Lipinski definition) is 1. The van der Waals surface area contributed by atoms with E-state index in [4.69, 9.17) is 9.47 Å². The quantitative estimate of drug-likeness (QED) is 0.838. The van der Waals surface area contributed by atoms with E-state index in [2.05, 4.69) is 4.90 Å². The predicted molar refractivity (Wildman–Crippen MR) is 71.8 cm³/mol. The minimum absolute atomic E-state index is 0.211. The van der Waals surface area contributed by atoms with Crippen LogP contribution < -0.4 is 9.64 Å². The molecule has 5 nitrogen and oxygen atoms in total. The number of esters is 1. The highest BCUT2D eigenvalue weighted by Gasteiger charge is 2.20. The SMILES string of the molecule is COC(=O)c1ccc(N2CCC(O)CC2)c(OC)c1. The molecule has 0 saturated carbocycles. The molecule has 2 rings (SSSR count). The number of rotatable bonds is 3. The van der Waals surface area contributed by atoms with E-state index < -0.39 is 0 Å². The maximum absolute atomic E-state index is 11.5. The molecule has 1 aromatic rings. The lowest BCUT2D eigenvalue weighted by Crippen LogP contribution is -2.36. The average Bonchev–Trinajstić information content (AvgIpc) is 2.46. The summed E-state index contributed by atoms with van der Waals surface area (Å²) in [7, 11) is 2.94. The van der Waals surface area contributed by atoms with E-state index in [0.29, 0.717) is 11.3 Å². The molecule has 0 aliphatic carbocycles. The van der Waals surface area contributed by atoms with Gasteiger partial charge >= 0.3 is 5.97 Å². The lowest BCUT2D eigenvalue weighted by atomic mass is 10.1. The second-order valence-corrected chi connectivity index (χ2v) is 4.60. The first-order valence-electron chi connectivity index (χ1n) is 6.35. The molecule has 1 aliphatic rings. The van der Waals surface area contributed by atoms with Crippen molar-refractivity contribution in [2.24, 2.45) is 0 Å². The van der Waals surface area contributed by atoms with Gasteiger partial charge in [0.05, 0.1) is 31.6 Å². The van der Waals surface area contributed by atoms with Crippen LogP contribution in [-0.2, 0) is 4.74 Å². The van der Waals surface area contributed by atoms with Crippen molar-refractivity contribution in [3.8, 4) is 5.75 Å². The summed E-state index contributed by atoms with van der Waals surface area (Å²) < 4.78 is 10.0. The Hall–Kier alpha value is -1.75. The van der Waals surface area contributed by atoms with Gasteiger partial charge in [-0.05, 0) is 31.0 Å². The number of aliphatic hydroxyl groups is 1. The van der Waals surface area contributed by atoms with Crippen LogP contribution in [-0.4, -0.2) is 44.5 Å². The molecule has 5 heteroatoms. The summed E-state index contributed by atoms with van der Waals surface area (Å²) in [4.78, 5) is 13.6. The molecule has 0 unspecified atom stereocenters. The van der Waals surface area contributed by atoms with E-state index in [1.54, 1.807) is 19.2 Å². The van der Waals surface area contributed by atoms with Crippen molar-refractivity contribution in [1.29, 1.82) is 0 Å². The van der Waals surface area contributed by atoms with Gasteiger partial charge in [-0.1, -0.05) is 0 Å². The van der Waals surface area contributed by atoms with Crippen LogP contribution in [0.4, 0.5) is 5.69 Å². The molecule has 19 heavy (non-hydrogen) atoms. The molecule has 0 aromatic heterocycles. The summed E-state index contributed by atoms with van der Waals surface area (Å²) in [6, 6.07) is 5.28. The minimum atomic E-state index is -0.376. The summed E-state index contributed by atoms with van der Waals surface area (Å²) in [5.74, 6) is 0.276. The van der Waals surface area contributed by atoms with E-state index in [-0.39, 0.29) is 12.1 Å². The molecule has 1 saturated heterocycles. The van der Waals surface area contributed by atoms with Gasteiger partial charge in [-0.15, -0.1) is 0 Å². The van der Waals surface area contributed by atoms with Crippen molar-refractivity contribution < 1.29 is 19.4 Å². The average molecular weight is 265 g/mol. The van der Waals surface area contributed by atoms with Crippen LogP contribution in [0.5, 0.6) is 5.75 Å². The van der Waals surface area contributed by atoms with Gasteiger partial charge in [0.15, 0.2) is 0 Å². The zero-order valence-electron chi connectivity index (χ0n) is 11.3. The number of carbonyl (C=O) groups excluding carboxylic acids is 1. The van der Waals surface area contributed by atoms with Crippen LogP contribution in [0, 0.1) is 0 Å². The Balaban J connectivity index is 2.23. The number of nitrogens with zero attached hydrogens (tertiary/aromatic N) is 1. The molecule has 1 fully saturated rings. The fraction of sp³-hybridized carbons (Fsp3) is 0.500. The second kappa shape index (κ2) is 5.93. The van der Waals surface area contributed by atoms with Crippen LogP contribution in [0.25, 0.3) is 0 Å². The van der Waals surface area contributed by atoms with Crippen molar-refractivity contribution in [3.05, 3.63) is 23.8 Å². The van der Waals surface area contributed by atoms with Crippen LogP contribution in [0.3, 0.4) is 0 Å². The molecular weight excluding hydrogens is 246 g/mol. The summed E-state index contributed by atoms with van der Waals surface area (Å²) in [6.07, 6.45) is 1.29. The fourth-order valence-electron chi connectivity index (χ4n) is 2.29. The van der Waals surface area contributed by atoms with Crippen molar-refractivity contribution in [3.63, 3.8) is 0 Å². The number of ether oxygens (including phenoxy) is 2. The van der Waals surface area contributed by atoms with Gasteiger partial charge in [0.2, 0.25) is 0 Å². The smallest absolute Gasteiger partial charge is 0.337 e. The second-order valence-electron chi connectivity index (χ2n) is 4.60. The topological polar surface area (TPSA) is 59.0 Å². The first kappa shape index (κ1) is 13.7. The summed E-state index contributed by atoms with van der Waals surface area (Å²) in [6.45, 7) is 1.57. The molecule has 104 valence electrons. The van der Waals surface area contributed by atoms with Gasteiger partial charge in [0.1, 0.15) is 5.75 Å². The number of aliphatic hydroxyl groups excluding tert-OH is 1. The van der Waals surface area contributed by atoms with E-state index in [1.807, 2.05) is 6.07 Å². The van der Waals surface area contributed by atoms with Crippen LogP contribution >= 0.6 is 0 Å². The number of piperidine rings is 1. The van der Waals surface area contributed by atoms with E-state index in [1.165, 1.54) is 7.11 Å². The van der Waals surface area contributed by atoms with Gasteiger partial charge in [-0.25, -0.2) is 4.79 Å². The first-order chi connectivity index (χ1) is 9.15. The van der Waals surface area contributed by atoms with E-state index >= 15 is 0 Å². The Labute approximate surface area is 112 Å². The number of benzene rings is 1. The lowest BCUT2D eigenvalue weighted by Gasteiger charge is -2.32. The number of methoxy groups -OCH3 is 2. The third kappa shape index (κ3) is 2.98.